The first-order valence-corrected chi connectivity index (χ1v) is 10.5. The van der Waals surface area contributed by atoms with Gasteiger partial charge in [-0.15, -0.1) is 11.8 Å². The molecule has 0 aliphatic carbocycles. The summed E-state index contributed by atoms with van der Waals surface area (Å²) in [6.07, 6.45) is 0.542. The van der Waals surface area contributed by atoms with Crippen molar-refractivity contribution in [2.24, 2.45) is 0 Å². The second kappa shape index (κ2) is 10.9. The molecule has 1 N–H and O–H groups in total. The summed E-state index contributed by atoms with van der Waals surface area (Å²) in [5.74, 6) is 0.359. The molecule has 0 bridgehead atoms. The van der Waals surface area contributed by atoms with Crippen molar-refractivity contribution in [2.75, 3.05) is 12.8 Å². The zero-order chi connectivity index (χ0) is 20.5. The SMILES string of the molecule is CC[C@H](C(=O)NC)N(Cc1ccc(C)cc1)C(=O)CSCc1ccc(F)cc1. The number of carbonyl (C=O) groups excluding carboxylic acids is 2. The molecule has 0 fully saturated rings. The van der Waals surface area contributed by atoms with Crippen LogP contribution in [0.2, 0.25) is 0 Å². The van der Waals surface area contributed by atoms with Gasteiger partial charge in [0, 0.05) is 19.3 Å². The number of nitrogens with one attached hydrogen (secondary N) is 1. The number of aryl methyl sites for hydroxylation is 1. The lowest BCUT2D eigenvalue weighted by molar-refractivity contribution is -0.139. The maximum Gasteiger partial charge on any atom is 0.242 e. The fraction of sp³-hybridized carbons (Fsp3) is 0.364. The summed E-state index contributed by atoms with van der Waals surface area (Å²) in [5.41, 5.74) is 3.10. The minimum atomic E-state index is -0.509. The van der Waals surface area contributed by atoms with Gasteiger partial charge in [-0.3, -0.25) is 9.59 Å². The lowest BCUT2D eigenvalue weighted by Crippen LogP contribution is -2.48. The van der Waals surface area contributed by atoms with Crippen LogP contribution in [0.5, 0.6) is 0 Å². The van der Waals surface area contributed by atoms with E-state index in [0.717, 1.165) is 16.7 Å². The van der Waals surface area contributed by atoms with E-state index in [1.165, 1.54) is 23.9 Å². The Kier molecular flexibility index (Phi) is 8.51. The average Bonchev–Trinajstić information content (AvgIpc) is 2.70. The van der Waals surface area contributed by atoms with E-state index in [2.05, 4.69) is 5.32 Å². The molecule has 4 nitrogen and oxygen atoms in total. The summed E-state index contributed by atoms with van der Waals surface area (Å²) in [7, 11) is 1.59. The highest BCUT2D eigenvalue weighted by Gasteiger charge is 2.27. The predicted molar refractivity (Wildman–Crippen MR) is 112 cm³/mol. The number of thioether (sulfide) groups is 1. The first kappa shape index (κ1) is 22.0. The molecule has 0 heterocycles. The van der Waals surface area contributed by atoms with Crippen molar-refractivity contribution < 1.29 is 14.0 Å². The summed E-state index contributed by atoms with van der Waals surface area (Å²) in [6.45, 7) is 4.31. The van der Waals surface area contributed by atoms with Gasteiger partial charge in [-0.05, 0) is 36.6 Å². The van der Waals surface area contributed by atoms with Crippen molar-refractivity contribution in [3.8, 4) is 0 Å². The van der Waals surface area contributed by atoms with Crippen LogP contribution in [-0.2, 0) is 21.9 Å². The largest absolute Gasteiger partial charge is 0.357 e. The Balaban J connectivity index is 2.07. The predicted octanol–water partition coefficient (Wildman–Crippen LogP) is 3.92. The molecule has 0 aliphatic heterocycles. The Morgan fingerprint density at radius 3 is 2.25 bits per heavy atom. The molecule has 0 saturated heterocycles. The highest BCUT2D eigenvalue weighted by molar-refractivity contribution is 7.99. The first-order valence-electron chi connectivity index (χ1n) is 9.33. The lowest BCUT2D eigenvalue weighted by atomic mass is 10.1. The van der Waals surface area contributed by atoms with Crippen LogP contribution in [0.1, 0.15) is 30.0 Å². The number of nitrogens with zero attached hydrogens (tertiary/aromatic N) is 1. The second-order valence-electron chi connectivity index (χ2n) is 6.66. The number of hydrogen-bond acceptors (Lipinski definition) is 3. The van der Waals surface area contributed by atoms with Crippen molar-refractivity contribution in [1.29, 1.82) is 0 Å². The van der Waals surface area contributed by atoms with Crippen molar-refractivity contribution in [2.45, 2.75) is 38.6 Å². The van der Waals surface area contributed by atoms with Gasteiger partial charge in [0.25, 0.3) is 0 Å². The monoisotopic (exact) mass is 402 g/mol. The molecule has 2 aromatic rings. The van der Waals surface area contributed by atoms with Crippen molar-refractivity contribution in [3.63, 3.8) is 0 Å². The molecule has 2 amide bonds. The molecule has 0 saturated carbocycles. The number of rotatable bonds is 9. The lowest BCUT2D eigenvalue weighted by Gasteiger charge is -2.30. The second-order valence-corrected chi connectivity index (χ2v) is 7.65. The number of hydrogen-bond donors (Lipinski definition) is 1. The van der Waals surface area contributed by atoms with Crippen LogP contribution in [0.25, 0.3) is 0 Å². The highest BCUT2D eigenvalue weighted by atomic mass is 32.2. The number of amides is 2. The van der Waals surface area contributed by atoms with Gasteiger partial charge in [-0.1, -0.05) is 48.9 Å². The zero-order valence-corrected chi connectivity index (χ0v) is 17.4. The third-order valence-corrected chi connectivity index (χ3v) is 5.50. The van der Waals surface area contributed by atoms with Gasteiger partial charge in [-0.2, -0.15) is 0 Å². The highest BCUT2D eigenvalue weighted by Crippen LogP contribution is 2.18. The summed E-state index contributed by atoms with van der Waals surface area (Å²) in [6, 6.07) is 13.7. The molecule has 0 aromatic heterocycles. The summed E-state index contributed by atoms with van der Waals surface area (Å²) in [5, 5.41) is 2.66. The van der Waals surface area contributed by atoms with Crippen LogP contribution in [0.15, 0.2) is 48.5 Å². The van der Waals surface area contributed by atoms with Gasteiger partial charge in [0.1, 0.15) is 11.9 Å². The van der Waals surface area contributed by atoms with Crippen molar-refractivity contribution in [1.82, 2.24) is 10.2 Å². The molecule has 28 heavy (non-hydrogen) atoms. The Bertz CT molecular complexity index is 778. The average molecular weight is 403 g/mol. The molecule has 2 rings (SSSR count). The van der Waals surface area contributed by atoms with Gasteiger partial charge in [-0.25, -0.2) is 4.39 Å². The van der Waals surface area contributed by atoms with E-state index in [1.54, 1.807) is 24.1 Å². The molecule has 0 radical (unpaired) electrons. The molecule has 0 spiro atoms. The van der Waals surface area contributed by atoms with E-state index >= 15 is 0 Å². The summed E-state index contributed by atoms with van der Waals surface area (Å²) < 4.78 is 13.0. The first-order chi connectivity index (χ1) is 13.4. The standard InChI is InChI=1S/C22H27FN2O2S/c1-4-20(22(27)24-3)25(13-17-7-5-16(2)6-8-17)21(26)15-28-14-18-9-11-19(23)12-10-18/h5-12,20H,4,13-15H2,1-3H3,(H,24,27)/t20-/m1/s1. The molecular formula is C22H27FN2O2S. The molecule has 6 heteroatoms. The molecule has 0 unspecified atom stereocenters. The molecule has 0 aliphatic rings. The fourth-order valence-electron chi connectivity index (χ4n) is 2.90. The maximum absolute atomic E-state index is 13.0. The Morgan fingerprint density at radius 1 is 1.07 bits per heavy atom. The van der Waals surface area contributed by atoms with Crippen LogP contribution in [0.4, 0.5) is 4.39 Å². The Hall–Kier alpha value is -2.34. The van der Waals surface area contributed by atoms with E-state index < -0.39 is 6.04 Å². The van der Waals surface area contributed by atoms with E-state index in [4.69, 9.17) is 0 Å². The number of carbonyl (C=O) groups is 2. The van der Waals surface area contributed by atoms with Crippen LogP contribution < -0.4 is 5.32 Å². The maximum atomic E-state index is 13.0. The number of benzene rings is 2. The molecule has 1 atom stereocenters. The van der Waals surface area contributed by atoms with E-state index in [0.29, 0.717) is 18.7 Å². The normalized spacial score (nSPS) is 11.7. The third kappa shape index (κ3) is 6.37. The van der Waals surface area contributed by atoms with Crippen LogP contribution in [-0.4, -0.2) is 35.6 Å². The van der Waals surface area contributed by atoms with E-state index in [-0.39, 0.29) is 23.4 Å². The van der Waals surface area contributed by atoms with Crippen molar-refractivity contribution in [3.05, 3.63) is 71.0 Å². The zero-order valence-electron chi connectivity index (χ0n) is 16.6. The molecule has 150 valence electrons. The Labute approximate surface area is 170 Å². The van der Waals surface area contributed by atoms with Gasteiger partial charge in [0.15, 0.2) is 0 Å². The smallest absolute Gasteiger partial charge is 0.242 e. The van der Waals surface area contributed by atoms with Crippen LogP contribution in [0, 0.1) is 12.7 Å². The minimum absolute atomic E-state index is 0.0804. The third-order valence-electron chi connectivity index (χ3n) is 4.51. The quantitative estimate of drug-likeness (QED) is 0.692. The van der Waals surface area contributed by atoms with E-state index in [1.807, 2.05) is 38.1 Å². The van der Waals surface area contributed by atoms with Crippen LogP contribution in [0.3, 0.4) is 0 Å². The van der Waals surface area contributed by atoms with E-state index in [9.17, 15) is 14.0 Å². The molecular weight excluding hydrogens is 375 g/mol. The minimum Gasteiger partial charge on any atom is -0.357 e. The summed E-state index contributed by atoms with van der Waals surface area (Å²) in [4.78, 5) is 26.9. The van der Waals surface area contributed by atoms with Crippen molar-refractivity contribution >= 4 is 23.6 Å². The van der Waals surface area contributed by atoms with Gasteiger partial charge in [0.2, 0.25) is 11.8 Å². The van der Waals surface area contributed by atoms with Gasteiger partial charge < -0.3 is 10.2 Å². The fourth-order valence-corrected chi connectivity index (χ4v) is 3.77. The van der Waals surface area contributed by atoms with Gasteiger partial charge >= 0.3 is 0 Å². The summed E-state index contributed by atoms with van der Waals surface area (Å²) >= 11 is 1.46. The number of halogens is 1. The van der Waals surface area contributed by atoms with Crippen LogP contribution >= 0.6 is 11.8 Å². The topological polar surface area (TPSA) is 49.4 Å². The number of likely N-dealkylation sites (N-methyl/N-ethyl adjacent to an activating group) is 1. The van der Waals surface area contributed by atoms with Gasteiger partial charge in [0.05, 0.1) is 5.75 Å². The Morgan fingerprint density at radius 2 is 1.68 bits per heavy atom. The molecule has 2 aromatic carbocycles.